The van der Waals surface area contributed by atoms with E-state index in [1.54, 1.807) is 7.11 Å². The number of amides is 1. The third-order valence-corrected chi connectivity index (χ3v) is 6.47. The summed E-state index contributed by atoms with van der Waals surface area (Å²) in [6.07, 6.45) is 9.02. The van der Waals surface area contributed by atoms with E-state index in [2.05, 4.69) is 27.5 Å². The van der Waals surface area contributed by atoms with Gasteiger partial charge in [0.1, 0.15) is 5.75 Å². The van der Waals surface area contributed by atoms with Crippen molar-refractivity contribution in [1.29, 1.82) is 0 Å². The zero-order chi connectivity index (χ0) is 20.8. The van der Waals surface area contributed by atoms with Gasteiger partial charge in [0.15, 0.2) is 0 Å². The molecule has 0 radical (unpaired) electrons. The van der Waals surface area contributed by atoms with Gasteiger partial charge in [-0.25, -0.2) is 0 Å². The van der Waals surface area contributed by atoms with Crippen LogP contribution in [0.5, 0.6) is 5.75 Å². The van der Waals surface area contributed by atoms with E-state index in [0.717, 1.165) is 63.2 Å². The summed E-state index contributed by atoms with van der Waals surface area (Å²) in [5.41, 5.74) is 2.20. The Bertz CT molecular complexity index is 829. The van der Waals surface area contributed by atoms with Crippen LogP contribution in [0.4, 0.5) is 0 Å². The normalized spacial score (nSPS) is 20.8. The number of rotatable bonds is 7. The van der Waals surface area contributed by atoms with Gasteiger partial charge in [0.25, 0.3) is 5.91 Å². The maximum Gasteiger partial charge on any atom is 0.290 e. The smallest absolute Gasteiger partial charge is 0.290 e. The number of methoxy groups -OCH3 is 1. The Hall–Kier alpha value is -2.34. The first-order chi connectivity index (χ1) is 14.7. The summed E-state index contributed by atoms with van der Waals surface area (Å²) >= 11 is 0. The number of likely N-dealkylation sites (tertiary alicyclic amines) is 1. The van der Waals surface area contributed by atoms with Gasteiger partial charge in [0.05, 0.1) is 12.8 Å². The van der Waals surface area contributed by atoms with Crippen molar-refractivity contribution in [3.63, 3.8) is 0 Å². The maximum atomic E-state index is 12.5. The molecule has 0 bridgehead atoms. The quantitative estimate of drug-likeness (QED) is 0.741. The van der Waals surface area contributed by atoms with Gasteiger partial charge in [-0.15, -0.1) is 0 Å². The molecule has 2 aromatic rings. The van der Waals surface area contributed by atoms with E-state index in [9.17, 15) is 4.79 Å². The zero-order valence-corrected chi connectivity index (χ0v) is 17.9. The van der Waals surface area contributed by atoms with Crippen molar-refractivity contribution in [2.45, 2.75) is 63.3 Å². The first-order valence-corrected chi connectivity index (χ1v) is 11.3. The van der Waals surface area contributed by atoms with Crippen molar-refractivity contribution < 1.29 is 14.1 Å². The van der Waals surface area contributed by atoms with E-state index in [0.29, 0.717) is 11.7 Å². The Morgan fingerprint density at radius 2 is 2.07 bits per heavy atom. The van der Waals surface area contributed by atoms with E-state index in [-0.39, 0.29) is 11.9 Å². The molecule has 1 aromatic carbocycles. The molecule has 2 heterocycles. The number of benzene rings is 1. The number of piperidine rings is 1. The number of carbonyl (C=O) groups is 1. The maximum absolute atomic E-state index is 12.5. The second-order valence-corrected chi connectivity index (χ2v) is 8.67. The topological polar surface area (TPSA) is 67.6 Å². The molecule has 1 aliphatic carbocycles. The summed E-state index contributed by atoms with van der Waals surface area (Å²) in [4.78, 5) is 15.0. The third-order valence-electron chi connectivity index (χ3n) is 6.47. The van der Waals surface area contributed by atoms with Crippen molar-refractivity contribution in [2.24, 2.45) is 0 Å². The van der Waals surface area contributed by atoms with Crippen LogP contribution in [-0.2, 0) is 6.42 Å². The average Bonchev–Trinajstić information content (AvgIpc) is 3.29. The number of nitrogens with one attached hydrogen (secondary N) is 1. The fourth-order valence-electron chi connectivity index (χ4n) is 4.71. The lowest BCUT2D eigenvalue weighted by molar-refractivity contribution is 0.0890. The highest BCUT2D eigenvalue weighted by Crippen LogP contribution is 2.27. The number of aromatic nitrogens is 1. The number of carbonyl (C=O) groups excluding carboxylic acids is 1. The predicted molar refractivity (Wildman–Crippen MR) is 116 cm³/mol. The first kappa shape index (κ1) is 20.9. The van der Waals surface area contributed by atoms with Crippen molar-refractivity contribution in [2.75, 3.05) is 26.7 Å². The van der Waals surface area contributed by atoms with Crippen LogP contribution in [0.25, 0.3) is 0 Å². The SMILES string of the molecule is COc1cccc(CCN2CCCC(c3cc(C(=O)NC4CCCCC4)on3)C2)c1. The van der Waals surface area contributed by atoms with E-state index in [1.165, 1.54) is 24.8 Å². The van der Waals surface area contributed by atoms with E-state index in [4.69, 9.17) is 9.26 Å². The van der Waals surface area contributed by atoms with E-state index >= 15 is 0 Å². The molecule has 162 valence electrons. The van der Waals surface area contributed by atoms with Crippen LogP contribution in [0.15, 0.2) is 34.9 Å². The summed E-state index contributed by atoms with van der Waals surface area (Å²) in [5, 5.41) is 7.37. The monoisotopic (exact) mass is 411 g/mol. The zero-order valence-electron chi connectivity index (χ0n) is 17.9. The van der Waals surface area contributed by atoms with Crippen molar-refractivity contribution >= 4 is 5.91 Å². The Morgan fingerprint density at radius 3 is 2.90 bits per heavy atom. The number of nitrogens with zero attached hydrogens (tertiary/aromatic N) is 2. The van der Waals surface area contributed by atoms with Crippen LogP contribution in [0.3, 0.4) is 0 Å². The summed E-state index contributed by atoms with van der Waals surface area (Å²) in [6, 6.07) is 10.4. The van der Waals surface area contributed by atoms with Gasteiger partial charge < -0.3 is 19.5 Å². The lowest BCUT2D eigenvalue weighted by Crippen LogP contribution is -2.36. The molecule has 1 aromatic heterocycles. The number of hydrogen-bond donors (Lipinski definition) is 1. The molecule has 6 heteroatoms. The molecule has 1 atom stereocenters. The molecule has 0 spiro atoms. The largest absolute Gasteiger partial charge is 0.497 e. The molecule has 4 rings (SSSR count). The minimum atomic E-state index is -0.119. The summed E-state index contributed by atoms with van der Waals surface area (Å²) in [6.45, 7) is 3.07. The van der Waals surface area contributed by atoms with Gasteiger partial charge in [0, 0.05) is 31.1 Å². The van der Waals surface area contributed by atoms with Crippen LogP contribution in [0.1, 0.15) is 72.7 Å². The van der Waals surface area contributed by atoms with Crippen LogP contribution in [0, 0.1) is 0 Å². The van der Waals surface area contributed by atoms with Crippen LogP contribution < -0.4 is 10.1 Å². The number of ether oxygens (including phenoxy) is 1. The van der Waals surface area contributed by atoms with Crippen molar-refractivity contribution in [3.05, 3.63) is 47.3 Å². The molecule has 1 saturated heterocycles. The molecule has 1 aliphatic heterocycles. The molecule has 2 aliphatic rings. The standard InChI is InChI=1S/C24H33N3O3/c1-29-21-11-5-7-18(15-21)12-14-27-13-6-8-19(17-27)22-16-23(30-26-22)24(28)25-20-9-3-2-4-10-20/h5,7,11,15-16,19-20H,2-4,6,8-10,12-14,17H2,1H3,(H,25,28). The lowest BCUT2D eigenvalue weighted by Gasteiger charge is -2.31. The second kappa shape index (κ2) is 10.1. The molecule has 1 saturated carbocycles. The van der Waals surface area contributed by atoms with Crippen LogP contribution >= 0.6 is 0 Å². The molecular formula is C24H33N3O3. The van der Waals surface area contributed by atoms with Crippen molar-refractivity contribution in [3.8, 4) is 5.75 Å². The van der Waals surface area contributed by atoms with Crippen LogP contribution in [0.2, 0.25) is 0 Å². The second-order valence-electron chi connectivity index (χ2n) is 8.67. The summed E-state index contributed by atoms with van der Waals surface area (Å²) in [7, 11) is 1.70. The fourth-order valence-corrected chi connectivity index (χ4v) is 4.71. The molecular weight excluding hydrogens is 378 g/mol. The average molecular weight is 412 g/mol. The molecule has 2 fully saturated rings. The van der Waals surface area contributed by atoms with Gasteiger partial charge in [-0.1, -0.05) is 36.6 Å². The predicted octanol–water partition coefficient (Wildman–Crippen LogP) is 4.17. The molecule has 1 amide bonds. The summed E-state index contributed by atoms with van der Waals surface area (Å²) in [5.74, 6) is 1.46. The first-order valence-electron chi connectivity index (χ1n) is 11.3. The molecule has 1 unspecified atom stereocenters. The van der Waals surface area contributed by atoms with Crippen LogP contribution in [-0.4, -0.2) is 48.7 Å². The Balaban J connectivity index is 1.30. The third kappa shape index (κ3) is 5.42. The Kier molecular flexibility index (Phi) is 7.05. The van der Waals surface area contributed by atoms with Crippen molar-refractivity contribution in [1.82, 2.24) is 15.4 Å². The molecule has 1 N–H and O–H groups in total. The van der Waals surface area contributed by atoms with Gasteiger partial charge in [-0.3, -0.25) is 4.79 Å². The lowest BCUT2D eigenvalue weighted by atomic mass is 9.94. The highest BCUT2D eigenvalue weighted by atomic mass is 16.5. The van der Waals surface area contributed by atoms with Gasteiger partial charge in [-0.2, -0.15) is 0 Å². The Morgan fingerprint density at radius 1 is 1.20 bits per heavy atom. The van der Waals surface area contributed by atoms with E-state index < -0.39 is 0 Å². The minimum absolute atomic E-state index is 0.119. The Labute approximate surface area is 179 Å². The highest BCUT2D eigenvalue weighted by molar-refractivity contribution is 5.91. The fraction of sp³-hybridized carbons (Fsp3) is 0.583. The minimum Gasteiger partial charge on any atom is -0.497 e. The highest BCUT2D eigenvalue weighted by Gasteiger charge is 2.26. The molecule has 30 heavy (non-hydrogen) atoms. The summed E-state index contributed by atoms with van der Waals surface area (Å²) < 4.78 is 10.7. The van der Waals surface area contributed by atoms with E-state index in [1.807, 2.05) is 18.2 Å². The van der Waals surface area contributed by atoms with Gasteiger partial charge >= 0.3 is 0 Å². The van der Waals surface area contributed by atoms with Gasteiger partial charge in [-0.05, 0) is 56.3 Å². The molecule has 6 nitrogen and oxygen atoms in total. The number of hydrogen-bond acceptors (Lipinski definition) is 5. The van der Waals surface area contributed by atoms with Gasteiger partial charge in [0.2, 0.25) is 5.76 Å².